The van der Waals surface area contributed by atoms with Crippen LogP contribution in [0.2, 0.25) is 0 Å². The zero-order valence-electron chi connectivity index (χ0n) is 2.00. The molecular formula is H2Ge2OSi. The van der Waals surface area contributed by atoms with E-state index in [1.54, 1.807) is 0 Å². The molecule has 0 atom stereocenters. The summed E-state index contributed by atoms with van der Waals surface area (Å²) < 4.78 is 0. The molecule has 0 aromatic carbocycles. The van der Waals surface area contributed by atoms with Gasteiger partial charge >= 0.3 is 0 Å². The molecule has 2 N–H and O–H groups in total. The normalized spacial score (nSPS) is 0. The topological polar surface area (TPSA) is 31.5 Å². The fraction of sp³-hybridized carbons (Fsp3) is 0. The predicted molar refractivity (Wildman–Crippen MR) is 20.9 cm³/mol. The minimum atomic E-state index is 0. The number of hydrogen-bond donors (Lipinski definition) is 0. The molecule has 1 nitrogen and oxygen atoms in total. The van der Waals surface area contributed by atoms with Gasteiger partial charge in [-0.2, -0.15) is 0 Å². The molecule has 4 heavy (non-hydrogen) atoms. The van der Waals surface area contributed by atoms with E-state index in [1.165, 1.54) is 0 Å². The second kappa shape index (κ2) is 28.5. The molecule has 0 heterocycles. The molecule has 0 aliphatic carbocycles. The Morgan fingerprint density at radius 1 is 0.750 bits per heavy atom. The van der Waals surface area contributed by atoms with Gasteiger partial charge in [0, 0.05) is 46.2 Å². The van der Waals surface area contributed by atoms with E-state index in [2.05, 4.69) is 0 Å². The van der Waals surface area contributed by atoms with Gasteiger partial charge < -0.3 is 5.48 Å². The fourth-order valence-corrected chi connectivity index (χ4v) is 0. The predicted octanol–water partition coefficient (Wildman–Crippen LogP) is -1.97. The molecule has 0 saturated heterocycles. The van der Waals surface area contributed by atoms with Crippen molar-refractivity contribution in [1.82, 2.24) is 0 Å². The summed E-state index contributed by atoms with van der Waals surface area (Å²) in [7, 11) is 0. The van der Waals surface area contributed by atoms with Crippen LogP contribution >= 0.6 is 0 Å². The summed E-state index contributed by atoms with van der Waals surface area (Å²) in [6, 6.07) is 0. The van der Waals surface area contributed by atoms with Gasteiger partial charge in [0.25, 0.3) is 0 Å². The van der Waals surface area contributed by atoms with Crippen LogP contribution in [0.25, 0.3) is 0 Å². The molecule has 0 amide bonds. The third-order valence-corrected chi connectivity index (χ3v) is 0. The van der Waals surface area contributed by atoms with E-state index in [0.717, 1.165) is 0 Å². The molecule has 12 radical (unpaired) electrons. The number of hydrogen-bond acceptors (Lipinski definition) is 0. The summed E-state index contributed by atoms with van der Waals surface area (Å²) in [5.41, 5.74) is 0. The van der Waals surface area contributed by atoms with Crippen molar-refractivity contribution in [3.63, 3.8) is 0 Å². The van der Waals surface area contributed by atoms with Crippen LogP contribution in [0, 0.1) is 0 Å². The van der Waals surface area contributed by atoms with Crippen molar-refractivity contribution >= 4 is 46.2 Å². The van der Waals surface area contributed by atoms with Gasteiger partial charge in [0.05, 0.1) is 0 Å². The molecular weight excluding hydrogens is 189 g/mol. The average molecular weight is 191 g/mol. The molecule has 0 rings (SSSR count). The largest absolute Gasteiger partial charge is 0.412 e. The summed E-state index contributed by atoms with van der Waals surface area (Å²) in [6.45, 7) is 0. The average Bonchev–Trinajstić information content (AvgIpc) is 0. The van der Waals surface area contributed by atoms with Crippen molar-refractivity contribution < 1.29 is 5.48 Å². The first-order valence-corrected chi connectivity index (χ1v) is 0. The van der Waals surface area contributed by atoms with Crippen LogP contribution < -0.4 is 0 Å². The Labute approximate surface area is 51.8 Å². The van der Waals surface area contributed by atoms with Crippen molar-refractivity contribution in [3.8, 4) is 0 Å². The summed E-state index contributed by atoms with van der Waals surface area (Å²) in [6.07, 6.45) is 0. The Morgan fingerprint density at radius 2 is 0.750 bits per heavy atom. The molecule has 0 spiro atoms. The third-order valence-electron chi connectivity index (χ3n) is 0. The van der Waals surface area contributed by atoms with Crippen molar-refractivity contribution in [2.45, 2.75) is 0 Å². The Bertz CT molecular complexity index is 6.00. The molecule has 0 fully saturated rings. The van der Waals surface area contributed by atoms with Crippen LogP contribution in [-0.2, 0) is 0 Å². The van der Waals surface area contributed by atoms with E-state index in [0.29, 0.717) is 0 Å². The maximum atomic E-state index is 0. The van der Waals surface area contributed by atoms with E-state index < -0.39 is 0 Å². The van der Waals surface area contributed by atoms with Crippen LogP contribution in [-0.4, -0.2) is 51.6 Å². The molecule has 20 valence electrons. The zero-order chi connectivity index (χ0) is 0. The van der Waals surface area contributed by atoms with Gasteiger partial charge in [-0.25, -0.2) is 0 Å². The molecule has 0 aromatic heterocycles. The molecule has 4 heteroatoms. The first-order chi connectivity index (χ1) is 0. The molecule has 0 saturated carbocycles. The molecule has 0 aliphatic heterocycles. The third kappa shape index (κ3) is 10.5. The maximum absolute atomic E-state index is 0. The second-order valence-electron chi connectivity index (χ2n) is 0. The van der Waals surface area contributed by atoms with Crippen LogP contribution in [0.5, 0.6) is 0 Å². The second-order valence-corrected chi connectivity index (χ2v) is 0. The SMILES string of the molecule is O.[Ge].[Ge].[Si]. The van der Waals surface area contributed by atoms with Crippen molar-refractivity contribution in [1.29, 1.82) is 0 Å². The Kier molecular flexibility index (Phi) is 427. The monoisotopic (exact) mass is 194 g/mol. The van der Waals surface area contributed by atoms with Gasteiger partial charge in [0.1, 0.15) is 0 Å². The smallest absolute Gasteiger partial charge is 0 e. The van der Waals surface area contributed by atoms with Crippen LogP contribution in [0.4, 0.5) is 0 Å². The standard InChI is InChI=1S/2Ge.H2O.Si/h;;1H2;. The summed E-state index contributed by atoms with van der Waals surface area (Å²) in [5, 5.41) is 0. The van der Waals surface area contributed by atoms with Crippen LogP contribution in [0.3, 0.4) is 0 Å². The van der Waals surface area contributed by atoms with E-state index in [-0.39, 0.29) is 51.6 Å². The fourth-order valence-electron chi connectivity index (χ4n) is 0. The van der Waals surface area contributed by atoms with Crippen LogP contribution in [0.15, 0.2) is 0 Å². The van der Waals surface area contributed by atoms with Crippen molar-refractivity contribution in [3.05, 3.63) is 0 Å². The Hall–Kier alpha value is 1.26. The van der Waals surface area contributed by atoms with Crippen molar-refractivity contribution in [2.75, 3.05) is 0 Å². The van der Waals surface area contributed by atoms with Gasteiger partial charge in [0.2, 0.25) is 0 Å². The van der Waals surface area contributed by atoms with Gasteiger partial charge in [-0.1, -0.05) is 0 Å². The molecule has 0 aliphatic rings. The van der Waals surface area contributed by atoms with E-state index in [4.69, 9.17) is 0 Å². The van der Waals surface area contributed by atoms with Crippen molar-refractivity contribution in [2.24, 2.45) is 0 Å². The minimum absolute atomic E-state index is 0. The minimum Gasteiger partial charge on any atom is -0.412 e. The van der Waals surface area contributed by atoms with Gasteiger partial charge in [-0.05, 0) is 0 Å². The molecule has 0 bridgehead atoms. The first-order valence-electron chi connectivity index (χ1n) is 0. The summed E-state index contributed by atoms with van der Waals surface area (Å²) in [5.74, 6) is 0. The van der Waals surface area contributed by atoms with E-state index >= 15 is 0 Å². The quantitative estimate of drug-likeness (QED) is 0.398. The van der Waals surface area contributed by atoms with Crippen LogP contribution in [0.1, 0.15) is 0 Å². The maximum Gasteiger partial charge on any atom is 0 e. The number of rotatable bonds is 0. The van der Waals surface area contributed by atoms with E-state index in [9.17, 15) is 0 Å². The molecule has 0 unspecified atom stereocenters. The Balaban J connectivity index is 0. The molecule has 0 aromatic rings. The van der Waals surface area contributed by atoms with Gasteiger partial charge in [-0.15, -0.1) is 0 Å². The van der Waals surface area contributed by atoms with Gasteiger partial charge in [0.15, 0.2) is 0 Å². The summed E-state index contributed by atoms with van der Waals surface area (Å²) >= 11 is 0. The Morgan fingerprint density at radius 3 is 0.750 bits per heavy atom. The van der Waals surface area contributed by atoms with E-state index in [1.807, 2.05) is 0 Å². The first kappa shape index (κ1) is 60.0. The zero-order valence-corrected chi connectivity index (χ0v) is 7.20. The van der Waals surface area contributed by atoms with Gasteiger partial charge in [-0.3, -0.25) is 0 Å². The summed E-state index contributed by atoms with van der Waals surface area (Å²) in [4.78, 5) is 0.